The van der Waals surface area contributed by atoms with Crippen LogP contribution in [0.3, 0.4) is 0 Å². The first-order valence-corrected chi connectivity index (χ1v) is 7.70. The van der Waals surface area contributed by atoms with Crippen molar-refractivity contribution in [1.29, 1.82) is 0 Å². The van der Waals surface area contributed by atoms with Gasteiger partial charge in [-0.1, -0.05) is 42.5 Å². The number of ether oxygens (including phenoxy) is 1. The lowest BCUT2D eigenvalue weighted by Gasteiger charge is -2.23. The zero-order chi connectivity index (χ0) is 15.8. The van der Waals surface area contributed by atoms with Gasteiger partial charge >= 0.3 is 5.97 Å². The van der Waals surface area contributed by atoms with E-state index < -0.39 is 0 Å². The lowest BCUT2D eigenvalue weighted by atomic mass is 10.2. The molecule has 0 spiro atoms. The van der Waals surface area contributed by atoms with Crippen LogP contribution in [0.15, 0.2) is 54.6 Å². The van der Waals surface area contributed by atoms with Crippen LogP contribution in [-0.2, 0) is 16.1 Å². The van der Waals surface area contributed by atoms with Crippen molar-refractivity contribution in [2.75, 3.05) is 18.0 Å². The lowest BCUT2D eigenvalue weighted by molar-refractivity contribution is -0.144. The summed E-state index contributed by atoms with van der Waals surface area (Å²) in [6.45, 7) is 6.06. The molecule has 0 N–H and O–H groups in total. The Hall–Kier alpha value is -2.29. The number of carbonyl (C=O) groups excluding carboxylic acids is 1. The molecule has 0 fully saturated rings. The Kier molecular flexibility index (Phi) is 6.01. The van der Waals surface area contributed by atoms with Gasteiger partial charge in [0.1, 0.15) is 6.61 Å². The summed E-state index contributed by atoms with van der Waals surface area (Å²) < 4.78 is 5.32. The van der Waals surface area contributed by atoms with Gasteiger partial charge in [-0.05, 0) is 37.1 Å². The SMILES string of the molecule is CCN(CCC(=O)OCc1ccccc1)c1cccc(C)c1. The van der Waals surface area contributed by atoms with Crippen LogP contribution in [0.2, 0.25) is 0 Å². The molecular formula is C19H23NO2. The zero-order valence-corrected chi connectivity index (χ0v) is 13.3. The van der Waals surface area contributed by atoms with Crippen molar-refractivity contribution in [3.05, 3.63) is 65.7 Å². The summed E-state index contributed by atoms with van der Waals surface area (Å²) >= 11 is 0. The molecule has 0 aliphatic carbocycles. The van der Waals surface area contributed by atoms with E-state index in [9.17, 15) is 4.79 Å². The Morgan fingerprint density at radius 2 is 1.86 bits per heavy atom. The number of benzene rings is 2. The second-order valence-electron chi connectivity index (χ2n) is 5.31. The fourth-order valence-electron chi connectivity index (χ4n) is 2.33. The molecule has 0 atom stereocenters. The van der Waals surface area contributed by atoms with E-state index >= 15 is 0 Å². The molecule has 0 heterocycles. The summed E-state index contributed by atoms with van der Waals surface area (Å²) in [6, 6.07) is 18.1. The standard InChI is InChI=1S/C19H23NO2/c1-3-20(18-11-7-8-16(2)14-18)13-12-19(21)22-15-17-9-5-4-6-10-17/h4-11,14H,3,12-13,15H2,1-2H3. The average Bonchev–Trinajstić information content (AvgIpc) is 2.54. The van der Waals surface area contributed by atoms with Crippen molar-refractivity contribution in [3.63, 3.8) is 0 Å². The molecule has 2 rings (SSSR count). The Bertz CT molecular complexity index is 595. The maximum Gasteiger partial charge on any atom is 0.307 e. The van der Waals surface area contributed by atoms with E-state index in [-0.39, 0.29) is 5.97 Å². The number of anilines is 1. The summed E-state index contributed by atoms with van der Waals surface area (Å²) in [7, 11) is 0. The van der Waals surface area contributed by atoms with Crippen molar-refractivity contribution in [2.45, 2.75) is 26.9 Å². The highest BCUT2D eigenvalue weighted by Gasteiger charge is 2.09. The average molecular weight is 297 g/mol. The third-order valence-electron chi connectivity index (χ3n) is 3.58. The summed E-state index contributed by atoms with van der Waals surface area (Å²) in [6.07, 6.45) is 0.397. The maximum atomic E-state index is 11.9. The van der Waals surface area contributed by atoms with Gasteiger partial charge < -0.3 is 9.64 Å². The molecule has 0 aliphatic heterocycles. The lowest BCUT2D eigenvalue weighted by Crippen LogP contribution is -2.26. The van der Waals surface area contributed by atoms with Gasteiger partial charge in [0.25, 0.3) is 0 Å². The molecule has 116 valence electrons. The van der Waals surface area contributed by atoms with Crippen LogP contribution in [0.5, 0.6) is 0 Å². The first kappa shape index (κ1) is 16.1. The van der Waals surface area contributed by atoms with E-state index in [2.05, 4.69) is 36.9 Å². The molecule has 0 saturated carbocycles. The third-order valence-corrected chi connectivity index (χ3v) is 3.58. The second-order valence-corrected chi connectivity index (χ2v) is 5.31. The Morgan fingerprint density at radius 3 is 2.55 bits per heavy atom. The number of carbonyl (C=O) groups is 1. The monoisotopic (exact) mass is 297 g/mol. The van der Waals surface area contributed by atoms with Crippen LogP contribution in [0, 0.1) is 6.92 Å². The predicted molar refractivity (Wildman–Crippen MR) is 89.9 cm³/mol. The summed E-state index contributed by atoms with van der Waals surface area (Å²) in [5.74, 6) is -0.157. The minimum atomic E-state index is -0.157. The van der Waals surface area contributed by atoms with E-state index in [1.807, 2.05) is 36.4 Å². The molecule has 3 heteroatoms. The van der Waals surface area contributed by atoms with Crippen LogP contribution in [0.25, 0.3) is 0 Å². The quantitative estimate of drug-likeness (QED) is 0.725. The van der Waals surface area contributed by atoms with Crippen molar-refractivity contribution in [1.82, 2.24) is 0 Å². The highest BCUT2D eigenvalue weighted by Crippen LogP contribution is 2.16. The van der Waals surface area contributed by atoms with Gasteiger partial charge in [0, 0.05) is 18.8 Å². The van der Waals surface area contributed by atoms with Crippen LogP contribution in [0.4, 0.5) is 5.69 Å². The molecule has 0 unspecified atom stereocenters. The van der Waals surface area contributed by atoms with Crippen LogP contribution < -0.4 is 4.90 Å². The molecule has 0 saturated heterocycles. The highest BCUT2D eigenvalue weighted by atomic mass is 16.5. The number of aryl methyl sites for hydroxylation is 1. The maximum absolute atomic E-state index is 11.9. The van der Waals surface area contributed by atoms with Gasteiger partial charge in [0.2, 0.25) is 0 Å². The molecular weight excluding hydrogens is 274 g/mol. The fraction of sp³-hybridized carbons (Fsp3) is 0.316. The normalized spacial score (nSPS) is 10.3. The Morgan fingerprint density at radius 1 is 1.09 bits per heavy atom. The zero-order valence-electron chi connectivity index (χ0n) is 13.3. The molecule has 22 heavy (non-hydrogen) atoms. The molecule has 0 amide bonds. The molecule has 0 bridgehead atoms. The van der Waals surface area contributed by atoms with Gasteiger partial charge in [-0.15, -0.1) is 0 Å². The molecule has 3 nitrogen and oxygen atoms in total. The Labute approximate surface area is 132 Å². The topological polar surface area (TPSA) is 29.5 Å². The summed E-state index contributed by atoms with van der Waals surface area (Å²) in [5.41, 5.74) is 3.39. The van der Waals surface area contributed by atoms with Crippen molar-refractivity contribution in [2.24, 2.45) is 0 Å². The molecule has 0 aliphatic rings. The van der Waals surface area contributed by atoms with Gasteiger partial charge in [-0.25, -0.2) is 0 Å². The van der Waals surface area contributed by atoms with E-state index in [0.29, 0.717) is 19.6 Å². The minimum Gasteiger partial charge on any atom is -0.461 e. The third kappa shape index (κ3) is 4.92. The highest BCUT2D eigenvalue weighted by molar-refractivity contribution is 5.70. The van der Waals surface area contributed by atoms with Crippen molar-refractivity contribution >= 4 is 11.7 Å². The van der Waals surface area contributed by atoms with Gasteiger partial charge in [0.05, 0.1) is 6.42 Å². The summed E-state index contributed by atoms with van der Waals surface area (Å²) in [4.78, 5) is 14.1. The van der Waals surface area contributed by atoms with E-state index in [4.69, 9.17) is 4.74 Å². The van der Waals surface area contributed by atoms with Gasteiger partial charge in [-0.2, -0.15) is 0 Å². The molecule has 2 aromatic carbocycles. The van der Waals surface area contributed by atoms with Crippen LogP contribution in [-0.4, -0.2) is 19.1 Å². The molecule has 0 aromatic heterocycles. The van der Waals surface area contributed by atoms with E-state index in [1.54, 1.807) is 0 Å². The predicted octanol–water partition coefficient (Wildman–Crippen LogP) is 3.95. The summed E-state index contributed by atoms with van der Waals surface area (Å²) in [5, 5.41) is 0. The number of nitrogens with zero attached hydrogens (tertiary/aromatic N) is 1. The van der Waals surface area contributed by atoms with E-state index in [1.165, 1.54) is 5.56 Å². The van der Waals surface area contributed by atoms with Gasteiger partial charge in [-0.3, -0.25) is 4.79 Å². The van der Waals surface area contributed by atoms with Crippen LogP contribution >= 0.6 is 0 Å². The number of esters is 1. The number of hydrogen-bond acceptors (Lipinski definition) is 3. The van der Waals surface area contributed by atoms with Gasteiger partial charge in [0.15, 0.2) is 0 Å². The van der Waals surface area contributed by atoms with E-state index in [0.717, 1.165) is 17.8 Å². The second kappa shape index (κ2) is 8.23. The molecule has 0 radical (unpaired) electrons. The van der Waals surface area contributed by atoms with Crippen molar-refractivity contribution in [3.8, 4) is 0 Å². The van der Waals surface area contributed by atoms with Crippen molar-refractivity contribution < 1.29 is 9.53 Å². The first-order valence-electron chi connectivity index (χ1n) is 7.70. The first-order chi connectivity index (χ1) is 10.7. The largest absolute Gasteiger partial charge is 0.461 e. The Balaban J connectivity index is 1.81. The number of hydrogen-bond donors (Lipinski definition) is 0. The molecule has 2 aromatic rings. The number of rotatable bonds is 7. The van der Waals surface area contributed by atoms with Crippen LogP contribution in [0.1, 0.15) is 24.5 Å². The minimum absolute atomic E-state index is 0.157. The fourth-order valence-corrected chi connectivity index (χ4v) is 2.33. The smallest absolute Gasteiger partial charge is 0.307 e.